The first-order chi connectivity index (χ1) is 14.4. The summed E-state index contributed by atoms with van der Waals surface area (Å²) < 4.78 is 37.3. The fourth-order valence-corrected chi connectivity index (χ4v) is 2.48. The van der Waals surface area contributed by atoms with E-state index in [0.717, 1.165) is 17.7 Å². The lowest BCUT2D eigenvalue weighted by Crippen LogP contribution is -2.20. The van der Waals surface area contributed by atoms with Gasteiger partial charge in [0.2, 0.25) is 5.82 Å². The summed E-state index contributed by atoms with van der Waals surface area (Å²) in [5, 5.41) is 13.2. The molecule has 1 amide bonds. The van der Waals surface area contributed by atoms with Crippen LogP contribution in [-0.4, -0.2) is 17.4 Å². The molecule has 1 N–H and O–H groups in total. The monoisotopic (exact) mass is 414 g/mol. The SMILES string of the molecule is O=C(COc1ccc([N+](=O)[O-])c(F)c1)Nc1cccc(OCc2ccc(F)cc2)c1. The maximum atomic E-state index is 13.6. The van der Waals surface area contributed by atoms with Crippen molar-refractivity contribution in [1.29, 1.82) is 0 Å². The van der Waals surface area contributed by atoms with Crippen molar-refractivity contribution in [2.24, 2.45) is 0 Å². The molecule has 0 saturated carbocycles. The van der Waals surface area contributed by atoms with Crippen LogP contribution in [0, 0.1) is 21.7 Å². The molecule has 0 fully saturated rings. The summed E-state index contributed by atoms with van der Waals surface area (Å²) in [4.78, 5) is 21.8. The van der Waals surface area contributed by atoms with Crippen LogP contribution in [0.3, 0.4) is 0 Å². The molecule has 0 saturated heterocycles. The Morgan fingerprint density at radius 1 is 0.967 bits per heavy atom. The van der Waals surface area contributed by atoms with E-state index in [0.29, 0.717) is 11.4 Å². The minimum absolute atomic E-state index is 0.00960. The highest BCUT2D eigenvalue weighted by atomic mass is 19.1. The molecule has 3 aromatic carbocycles. The molecule has 0 radical (unpaired) electrons. The lowest BCUT2D eigenvalue weighted by Gasteiger charge is -2.10. The van der Waals surface area contributed by atoms with Crippen LogP contribution in [0.25, 0.3) is 0 Å². The van der Waals surface area contributed by atoms with Gasteiger partial charge in [0, 0.05) is 23.9 Å². The van der Waals surface area contributed by atoms with Gasteiger partial charge < -0.3 is 14.8 Å². The second kappa shape index (κ2) is 9.46. The van der Waals surface area contributed by atoms with Crippen LogP contribution in [-0.2, 0) is 11.4 Å². The third-order valence-corrected chi connectivity index (χ3v) is 3.92. The quantitative estimate of drug-likeness (QED) is 0.434. The normalized spacial score (nSPS) is 10.3. The summed E-state index contributed by atoms with van der Waals surface area (Å²) in [6.07, 6.45) is 0. The first kappa shape index (κ1) is 20.7. The summed E-state index contributed by atoms with van der Waals surface area (Å²) >= 11 is 0. The van der Waals surface area contributed by atoms with E-state index in [1.165, 1.54) is 18.2 Å². The van der Waals surface area contributed by atoms with Gasteiger partial charge in [-0.1, -0.05) is 18.2 Å². The van der Waals surface area contributed by atoms with Gasteiger partial charge in [0.15, 0.2) is 6.61 Å². The predicted octanol–water partition coefficient (Wildman–Crippen LogP) is 4.47. The molecule has 7 nitrogen and oxygen atoms in total. The standard InChI is InChI=1S/C21H16F2N2O5/c22-15-6-4-14(5-7-15)12-29-17-3-1-2-16(10-17)24-21(26)13-30-18-8-9-20(25(27)28)19(23)11-18/h1-11H,12-13H2,(H,24,26). The fraction of sp³-hybridized carbons (Fsp3) is 0.0952. The Balaban J connectivity index is 1.52. The number of carbonyl (C=O) groups is 1. The van der Waals surface area contributed by atoms with Gasteiger partial charge in [-0.15, -0.1) is 0 Å². The summed E-state index contributed by atoms with van der Waals surface area (Å²) in [6.45, 7) is -0.190. The Bertz CT molecular complexity index is 1060. The Hall–Kier alpha value is -4.01. The molecular weight excluding hydrogens is 398 g/mol. The summed E-state index contributed by atoms with van der Waals surface area (Å²) in [6, 6.07) is 15.5. The summed E-state index contributed by atoms with van der Waals surface area (Å²) in [5.41, 5.74) is 0.564. The van der Waals surface area contributed by atoms with Gasteiger partial charge in [0.1, 0.15) is 23.9 Å². The maximum absolute atomic E-state index is 13.6. The van der Waals surface area contributed by atoms with E-state index in [9.17, 15) is 23.7 Å². The molecule has 0 aliphatic carbocycles. The number of benzene rings is 3. The van der Waals surface area contributed by atoms with Gasteiger partial charge >= 0.3 is 5.69 Å². The van der Waals surface area contributed by atoms with Crippen molar-refractivity contribution in [1.82, 2.24) is 0 Å². The van der Waals surface area contributed by atoms with Crippen molar-refractivity contribution in [3.8, 4) is 11.5 Å². The number of nitro benzene ring substituents is 1. The molecule has 30 heavy (non-hydrogen) atoms. The zero-order valence-corrected chi connectivity index (χ0v) is 15.5. The van der Waals surface area contributed by atoms with E-state index >= 15 is 0 Å². The molecule has 0 bridgehead atoms. The average molecular weight is 414 g/mol. The zero-order chi connectivity index (χ0) is 21.5. The number of nitrogens with one attached hydrogen (secondary N) is 1. The Morgan fingerprint density at radius 3 is 2.40 bits per heavy atom. The molecule has 0 unspecified atom stereocenters. The smallest absolute Gasteiger partial charge is 0.305 e. The minimum atomic E-state index is -1.05. The Morgan fingerprint density at radius 2 is 1.70 bits per heavy atom. The molecule has 0 aliphatic rings. The van der Waals surface area contributed by atoms with Crippen molar-refractivity contribution in [3.63, 3.8) is 0 Å². The zero-order valence-electron chi connectivity index (χ0n) is 15.5. The lowest BCUT2D eigenvalue weighted by molar-refractivity contribution is -0.387. The van der Waals surface area contributed by atoms with Crippen LogP contribution in [0.1, 0.15) is 5.56 Å². The Labute approximate surface area is 170 Å². The number of nitro groups is 1. The van der Waals surface area contributed by atoms with Gasteiger partial charge in [-0.3, -0.25) is 14.9 Å². The summed E-state index contributed by atoms with van der Waals surface area (Å²) in [7, 11) is 0. The fourth-order valence-electron chi connectivity index (χ4n) is 2.48. The minimum Gasteiger partial charge on any atom is -0.489 e. The average Bonchev–Trinajstić information content (AvgIpc) is 2.72. The van der Waals surface area contributed by atoms with Crippen LogP contribution in [0.2, 0.25) is 0 Å². The van der Waals surface area contributed by atoms with Crippen molar-refractivity contribution < 1.29 is 28.0 Å². The van der Waals surface area contributed by atoms with E-state index < -0.39 is 28.9 Å². The van der Waals surface area contributed by atoms with Gasteiger partial charge in [0.25, 0.3) is 5.91 Å². The van der Waals surface area contributed by atoms with Gasteiger partial charge in [-0.25, -0.2) is 4.39 Å². The number of anilines is 1. The Kier molecular flexibility index (Phi) is 6.53. The number of amides is 1. The number of rotatable bonds is 8. The third-order valence-electron chi connectivity index (χ3n) is 3.92. The van der Waals surface area contributed by atoms with E-state index in [1.54, 1.807) is 36.4 Å². The third kappa shape index (κ3) is 5.74. The van der Waals surface area contributed by atoms with Crippen LogP contribution < -0.4 is 14.8 Å². The second-order valence-electron chi connectivity index (χ2n) is 6.15. The number of hydrogen-bond acceptors (Lipinski definition) is 5. The highest BCUT2D eigenvalue weighted by Crippen LogP contribution is 2.22. The van der Waals surface area contributed by atoms with Crippen LogP contribution in [0.4, 0.5) is 20.2 Å². The number of ether oxygens (including phenoxy) is 2. The van der Waals surface area contributed by atoms with E-state index in [-0.39, 0.29) is 18.2 Å². The molecule has 0 spiro atoms. The summed E-state index contributed by atoms with van der Waals surface area (Å²) in [5.74, 6) is -1.41. The topological polar surface area (TPSA) is 90.7 Å². The van der Waals surface area contributed by atoms with E-state index in [1.807, 2.05) is 0 Å². The van der Waals surface area contributed by atoms with Crippen molar-refractivity contribution in [3.05, 3.63) is 94.0 Å². The number of nitrogens with zero attached hydrogens (tertiary/aromatic N) is 1. The second-order valence-corrected chi connectivity index (χ2v) is 6.15. The van der Waals surface area contributed by atoms with Crippen molar-refractivity contribution in [2.45, 2.75) is 6.61 Å². The van der Waals surface area contributed by atoms with Crippen molar-refractivity contribution in [2.75, 3.05) is 11.9 Å². The van der Waals surface area contributed by atoms with Crippen LogP contribution >= 0.6 is 0 Å². The number of halogens is 2. The molecule has 0 aliphatic heterocycles. The maximum Gasteiger partial charge on any atom is 0.305 e. The van der Waals surface area contributed by atoms with E-state index in [4.69, 9.17) is 9.47 Å². The lowest BCUT2D eigenvalue weighted by atomic mass is 10.2. The van der Waals surface area contributed by atoms with Gasteiger partial charge in [0.05, 0.1) is 4.92 Å². The number of carbonyl (C=O) groups excluding carboxylic acids is 1. The molecule has 0 aromatic heterocycles. The van der Waals surface area contributed by atoms with E-state index in [2.05, 4.69) is 5.32 Å². The van der Waals surface area contributed by atoms with Gasteiger partial charge in [-0.05, 0) is 35.9 Å². The molecule has 3 aromatic rings. The molecule has 0 heterocycles. The molecular formula is C21H16F2N2O5. The largest absolute Gasteiger partial charge is 0.489 e. The molecule has 0 atom stereocenters. The molecule has 154 valence electrons. The van der Waals surface area contributed by atoms with Crippen LogP contribution in [0.15, 0.2) is 66.7 Å². The van der Waals surface area contributed by atoms with Crippen molar-refractivity contribution >= 4 is 17.3 Å². The number of hydrogen-bond donors (Lipinski definition) is 1. The predicted molar refractivity (Wildman–Crippen MR) is 104 cm³/mol. The first-order valence-corrected chi connectivity index (χ1v) is 8.74. The van der Waals surface area contributed by atoms with Gasteiger partial charge in [-0.2, -0.15) is 4.39 Å². The first-order valence-electron chi connectivity index (χ1n) is 8.74. The highest BCUT2D eigenvalue weighted by molar-refractivity contribution is 5.92. The molecule has 3 rings (SSSR count). The van der Waals surface area contributed by atoms with Crippen LogP contribution in [0.5, 0.6) is 11.5 Å². The highest BCUT2D eigenvalue weighted by Gasteiger charge is 2.15. The molecule has 9 heteroatoms.